The molecule has 1 unspecified atom stereocenters. The third kappa shape index (κ3) is 4.57. The Balaban J connectivity index is 1.67. The molecule has 3 aromatic rings. The lowest BCUT2D eigenvalue weighted by Gasteiger charge is -2.10. The van der Waals surface area contributed by atoms with Crippen molar-refractivity contribution >= 4 is 23.6 Å². The van der Waals surface area contributed by atoms with E-state index in [4.69, 9.17) is 10.4 Å². The first kappa shape index (κ1) is 19.6. The largest absolute Gasteiger partial charge is 0.435 e. The molecule has 0 aliphatic heterocycles. The number of nitrogen functional groups attached to an aromatic ring is 1. The first-order valence-electron chi connectivity index (χ1n) is 8.00. The number of carbonyl (C=O) groups excluding carboxylic acids is 1. The molecule has 1 amide bonds. The number of rotatable bonds is 7. The van der Waals surface area contributed by atoms with Gasteiger partial charge in [-0.15, -0.1) is 10.2 Å². The second-order valence-corrected chi connectivity index (χ2v) is 6.97. The molecule has 9 nitrogen and oxygen atoms in total. The van der Waals surface area contributed by atoms with Crippen molar-refractivity contribution in [3.8, 4) is 17.1 Å². The number of thioether (sulfide) groups is 1. The Morgan fingerprint density at radius 1 is 1.32 bits per heavy atom. The Morgan fingerprint density at radius 3 is 2.64 bits per heavy atom. The fourth-order valence-corrected chi connectivity index (χ4v) is 2.97. The number of aromatic nitrogens is 4. The van der Waals surface area contributed by atoms with Crippen LogP contribution in [0.5, 0.6) is 5.75 Å². The van der Waals surface area contributed by atoms with Crippen LogP contribution in [-0.4, -0.2) is 37.8 Å². The molecule has 2 heterocycles. The number of hydrogen-bond acceptors (Lipinski definition) is 8. The topological polar surface area (TPSA) is 121 Å². The summed E-state index contributed by atoms with van der Waals surface area (Å²) in [7, 11) is 0. The Bertz CT molecular complexity index is 960. The zero-order chi connectivity index (χ0) is 20.3. The van der Waals surface area contributed by atoms with Gasteiger partial charge in [0.2, 0.25) is 16.9 Å². The van der Waals surface area contributed by atoms with Crippen LogP contribution < -0.4 is 15.9 Å². The van der Waals surface area contributed by atoms with Crippen molar-refractivity contribution in [2.75, 3.05) is 11.2 Å². The van der Waals surface area contributed by atoms with Crippen LogP contribution in [-0.2, 0) is 4.79 Å². The van der Waals surface area contributed by atoms with E-state index in [0.29, 0.717) is 22.2 Å². The third-order valence-electron chi connectivity index (χ3n) is 3.53. The number of alkyl halides is 2. The van der Waals surface area contributed by atoms with Crippen molar-refractivity contribution in [3.05, 3.63) is 36.0 Å². The predicted octanol–water partition coefficient (Wildman–Crippen LogP) is 2.68. The lowest BCUT2D eigenvalue weighted by molar-refractivity contribution is -0.115. The van der Waals surface area contributed by atoms with Crippen LogP contribution in [0.25, 0.3) is 11.4 Å². The van der Waals surface area contributed by atoms with E-state index in [-0.39, 0.29) is 17.5 Å². The van der Waals surface area contributed by atoms with Gasteiger partial charge in [0.1, 0.15) is 5.75 Å². The van der Waals surface area contributed by atoms with Gasteiger partial charge in [-0.25, -0.2) is 4.68 Å². The SMILES string of the molecule is Cc1cc(NC(=O)C(C)Sc2nnc(-c3ccc(OC(F)F)cc3)n2N)on1. The number of nitrogens with two attached hydrogens (primary N) is 1. The molecule has 2 aromatic heterocycles. The van der Waals surface area contributed by atoms with Gasteiger partial charge in [-0.1, -0.05) is 16.9 Å². The van der Waals surface area contributed by atoms with Gasteiger partial charge in [-0.3, -0.25) is 10.1 Å². The van der Waals surface area contributed by atoms with Gasteiger partial charge < -0.3 is 15.1 Å². The highest BCUT2D eigenvalue weighted by molar-refractivity contribution is 8.00. The molecule has 148 valence electrons. The fourth-order valence-electron chi connectivity index (χ4n) is 2.20. The summed E-state index contributed by atoms with van der Waals surface area (Å²) in [6, 6.07) is 7.40. The average Bonchev–Trinajstić information content (AvgIpc) is 3.21. The molecule has 1 aromatic carbocycles. The minimum atomic E-state index is -2.90. The summed E-state index contributed by atoms with van der Waals surface area (Å²) in [5.41, 5.74) is 1.20. The van der Waals surface area contributed by atoms with E-state index in [9.17, 15) is 13.6 Å². The van der Waals surface area contributed by atoms with Gasteiger partial charge in [0, 0.05) is 11.6 Å². The molecule has 1 atom stereocenters. The Morgan fingerprint density at radius 2 is 2.04 bits per heavy atom. The second-order valence-electron chi connectivity index (χ2n) is 5.66. The number of nitrogens with one attached hydrogen (secondary N) is 1. The van der Waals surface area contributed by atoms with Crippen LogP contribution in [0.1, 0.15) is 12.6 Å². The summed E-state index contributed by atoms with van der Waals surface area (Å²) >= 11 is 1.10. The minimum absolute atomic E-state index is 0.0179. The highest BCUT2D eigenvalue weighted by Gasteiger charge is 2.21. The average molecular weight is 410 g/mol. The number of nitrogens with zero attached hydrogens (tertiary/aromatic N) is 4. The predicted molar refractivity (Wildman–Crippen MR) is 97.4 cm³/mol. The smallest absolute Gasteiger partial charge is 0.387 e. The van der Waals surface area contributed by atoms with Crippen LogP contribution in [0.2, 0.25) is 0 Å². The van der Waals surface area contributed by atoms with Crippen LogP contribution in [0, 0.1) is 6.92 Å². The first-order chi connectivity index (χ1) is 13.3. The van der Waals surface area contributed by atoms with Crippen LogP contribution in [0.4, 0.5) is 14.7 Å². The molecule has 3 N–H and O–H groups in total. The van der Waals surface area contributed by atoms with Crippen LogP contribution in [0.3, 0.4) is 0 Å². The Labute approximate surface area is 162 Å². The number of benzene rings is 1. The standard InChI is InChI=1S/C16H16F2N6O3S/c1-8-7-12(27-23-8)20-14(25)9(2)28-16-22-21-13(24(16)19)10-3-5-11(6-4-10)26-15(17)18/h3-7,9,15H,19H2,1-2H3,(H,20,25). The van der Waals surface area contributed by atoms with Crippen molar-refractivity contribution in [1.82, 2.24) is 20.0 Å². The van der Waals surface area contributed by atoms with E-state index in [2.05, 4.69) is 25.4 Å². The highest BCUT2D eigenvalue weighted by atomic mass is 32.2. The van der Waals surface area contributed by atoms with E-state index < -0.39 is 11.9 Å². The van der Waals surface area contributed by atoms with Crippen molar-refractivity contribution in [3.63, 3.8) is 0 Å². The molecular formula is C16H16F2N6O3S. The van der Waals surface area contributed by atoms with Gasteiger partial charge in [-0.2, -0.15) is 8.78 Å². The molecule has 12 heteroatoms. The van der Waals surface area contributed by atoms with Gasteiger partial charge in [-0.05, 0) is 38.1 Å². The number of aryl methyl sites for hydroxylation is 1. The van der Waals surface area contributed by atoms with Crippen molar-refractivity contribution in [1.29, 1.82) is 0 Å². The molecule has 0 fully saturated rings. The molecule has 0 bridgehead atoms. The molecule has 0 spiro atoms. The summed E-state index contributed by atoms with van der Waals surface area (Å²) in [6.45, 7) is 0.510. The molecule has 28 heavy (non-hydrogen) atoms. The zero-order valence-electron chi connectivity index (χ0n) is 14.8. The summed E-state index contributed by atoms with van der Waals surface area (Å²) < 4.78 is 34.9. The number of hydrogen-bond donors (Lipinski definition) is 2. The van der Waals surface area contributed by atoms with Gasteiger partial charge in [0.25, 0.3) is 0 Å². The number of ether oxygens (including phenoxy) is 1. The molecule has 0 saturated carbocycles. The third-order valence-corrected chi connectivity index (χ3v) is 4.58. The van der Waals surface area contributed by atoms with Crippen LogP contribution in [0.15, 0.2) is 40.0 Å². The lowest BCUT2D eigenvalue weighted by Crippen LogP contribution is -2.23. The quantitative estimate of drug-likeness (QED) is 0.450. The molecule has 0 aliphatic carbocycles. The normalized spacial score (nSPS) is 12.2. The minimum Gasteiger partial charge on any atom is -0.435 e. The summed E-state index contributed by atoms with van der Waals surface area (Å²) in [5, 5.41) is 14.0. The monoisotopic (exact) mass is 410 g/mol. The number of carbonyl (C=O) groups is 1. The molecule has 0 aliphatic rings. The van der Waals surface area contributed by atoms with Gasteiger partial charge >= 0.3 is 6.61 Å². The van der Waals surface area contributed by atoms with Crippen molar-refractivity contribution in [2.24, 2.45) is 0 Å². The first-order valence-corrected chi connectivity index (χ1v) is 8.88. The summed E-state index contributed by atoms with van der Waals surface area (Å²) in [4.78, 5) is 12.2. The Hall–Kier alpha value is -3.15. The summed E-state index contributed by atoms with van der Waals surface area (Å²) in [6.07, 6.45) is 0. The van der Waals surface area contributed by atoms with E-state index in [0.717, 1.165) is 11.8 Å². The maximum Gasteiger partial charge on any atom is 0.387 e. The maximum atomic E-state index is 12.2. The van der Waals surface area contributed by atoms with E-state index in [1.54, 1.807) is 19.9 Å². The van der Waals surface area contributed by atoms with Gasteiger partial charge in [0.15, 0.2) is 5.82 Å². The molecule has 3 rings (SSSR count). The van der Waals surface area contributed by atoms with E-state index >= 15 is 0 Å². The fraction of sp³-hybridized carbons (Fsp3) is 0.250. The number of halogens is 2. The Kier molecular flexibility index (Phi) is 5.78. The van der Waals surface area contributed by atoms with E-state index in [1.165, 1.54) is 28.9 Å². The summed E-state index contributed by atoms with van der Waals surface area (Å²) in [5.74, 6) is 6.27. The molecular weight excluding hydrogens is 394 g/mol. The highest BCUT2D eigenvalue weighted by Crippen LogP contribution is 2.27. The maximum absolute atomic E-state index is 12.2. The molecule has 0 radical (unpaired) electrons. The van der Waals surface area contributed by atoms with Crippen molar-refractivity contribution in [2.45, 2.75) is 30.9 Å². The zero-order valence-corrected chi connectivity index (χ0v) is 15.6. The number of anilines is 1. The second kappa shape index (κ2) is 8.25. The van der Waals surface area contributed by atoms with E-state index in [1.807, 2.05) is 0 Å². The number of amides is 1. The molecule has 0 saturated heterocycles. The van der Waals surface area contributed by atoms with Gasteiger partial charge in [0.05, 0.1) is 10.9 Å². The lowest BCUT2D eigenvalue weighted by atomic mass is 10.2. The van der Waals surface area contributed by atoms with Crippen molar-refractivity contribution < 1.29 is 22.8 Å². The van der Waals surface area contributed by atoms with Crippen LogP contribution >= 0.6 is 11.8 Å².